The van der Waals surface area contributed by atoms with Crippen LogP contribution in [0.25, 0.3) is 21.8 Å². The average molecular weight is 773 g/mol. The molecule has 0 aliphatic rings. The number of anilines is 2. The molecular weight excluding hydrogens is 729 g/mol. The first kappa shape index (κ1) is 37.9. The number of Topliss-reactive ketones (excluding diaryl/α,β-unsaturated/α-hetero) is 1. The lowest BCUT2D eigenvalue weighted by molar-refractivity contribution is -0.122. The molecule has 8 rings (SSSR count). The number of aromatic amines is 2. The van der Waals surface area contributed by atoms with Crippen LogP contribution >= 0.6 is 0 Å². The molecule has 0 spiro atoms. The van der Waals surface area contributed by atoms with Crippen molar-refractivity contribution >= 4 is 39.0 Å². The minimum Gasteiger partial charge on any atom is -0.494 e. The smallest absolute Gasteiger partial charge is 0.152 e. The molecule has 292 valence electrons. The molecular formula is C47H44N6O5. The lowest BCUT2D eigenvalue weighted by Crippen LogP contribution is -2.34. The van der Waals surface area contributed by atoms with Gasteiger partial charge >= 0.3 is 0 Å². The number of nitrogens with one attached hydrogen (secondary N) is 4. The van der Waals surface area contributed by atoms with E-state index >= 15 is 4.79 Å². The number of aliphatic hydroxyl groups is 2. The third-order valence-corrected chi connectivity index (χ3v) is 10.8. The Morgan fingerprint density at radius 3 is 1.45 bits per heavy atom. The molecule has 4 unspecified atom stereocenters. The van der Waals surface area contributed by atoms with E-state index in [0.717, 1.165) is 44.1 Å². The largest absolute Gasteiger partial charge is 0.494 e. The second kappa shape index (κ2) is 17.0. The number of pyridine rings is 2. The maximum atomic E-state index is 16.6. The molecule has 6 N–H and O–H groups in total. The van der Waals surface area contributed by atoms with Gasteiger partial charge in [-0.05, 0) is 58.7 Å². The number of carbonyl (C=O) groups excluding carboxylic acids is 1. The molecule has 11 heteroatoms. The molecule has 11 nitrogen and oxygen atoms in total. The monoisotopic (exact) mass is 772 g/mol. The highest BCUT2D eigenvalue weighted by molar-refractivity contribution is 6.01. The Bertz CT molecular complexity index is 2460. The number of carbonyl (C=O) groups is 1. The van der Waals surface area contributed by atoms with Gasteiger partial charge in [-0.2, -0.15) is 0 Å². The molecule has 4 aromatic carbocycles. The predicted octanol–water partition coefficient (Wildman–Crippen LogP) is 8.58. The van der Waals surface area contributed by atoms with Crippen LogP contribution in [-0.2, 0) is 18.0 Å². The summed E-state index contributed by atoms with van der Waals surface area (Å²) in [7, 11) is 3.14. The fourth-order valence-corrected chi connectivity index (χ4v) is 8.19. The third kappa shape index (κ3) is 7.24. The summed E-state index contributed by atoms with van der Waals surface area (Å²) in [6.07, 6.45) is 10.8. The first-order valence-corrected chi connectivity index (χ1v) is 19.1. The van der Waals surface area contributed by atoms with Crippen molar-refractivity contribution in [3.63, 3.8) is 0 Å². The Balaban J connectivity index is 1.40. The van der Waals surface area contributed by atoms with Crippen molar-refractivity contribution in [2.75, 3.05) is 24.9 Å². The van der Waals surface area contributed by atoms with Crippen LogP contribution in [0.4, 0.5) is 11.4 Å². The zero-order chi connectivity index (χ0) is 40.0. The van der Waals surface area contributed by atoms with Crippen molar-refractivity contribution in [2.45, 2.75) is 37.1 Å². The van der Waals surface area contributed by atoms with Crippen LogP contribution in [0.1, 0.15) is 57.3 Å². The van der Waals surface area contributed by atoms with Crippen LogP contribution in [-0.4, -0.2) is 50.2 Å². The number of ether oxygens (including phenoxy) is 2. The van der Waals surface area contributed by atoms with Crippen LogP contribution < -0.4 is 20.1 Å². The zero-order valence-electron chi connectivity index (χ0n) is 32.1. The fourth-order valence-electron chi connectivity index (χ4n) is 8.19. The number of rotatable bonds is 16. The number of ketones is 1. The Morgan fingerprint density at radius 2 is 1.05 bits per heavy atom. The van der Waals surface area contributed by atoms with Crippen molar-refractivity contribution in [1.82, 2.24) is 19.9 Å². The summed E-state index contributed by atoms with van der Waals surface area (Å²) in [6.45, 7) is -0.466. The number of para-hydroxylation sites is 4. The predicted molar refractivity (Wildman–Crippen MR) is 226 cm³/mol. The first-order chi connectivity index (χ1) is 28.5. The lowest BCUT2D eigenvalue weighted by atomic mass is 9.73. The van der Waals surface area contributed by atoms with Gasteiger partial charge in [-0.3, -0.25) is 14.8 Å². The number of fused-ring (bicyclic) bond motifs is 2. The molecule has 58 heavy (non-hydrogen) atoms. The highest BCUT2D eigenvalue weighted by Gasteiger charge is 2.43. The number of hydrogen-bond donors (Lipinski definition) is 6. The van der Waals surface area contributed by atoms with E-state index < -0.39 is 23.9 Å². The number of aliphatic hydroxyl groups excluding tert-OH is 2. The van der Waals surface area contributed by atoms with Crippen LogP contribution in [0, 0.1) is 0 Å². The molecule has 0 aliphatic heterocycles. The third-order valence-electron chi connectivity index (χ3n) is 10.8. The second-order valence-electron chi connectivity index (χ2n) is 14.1. The SMILES string of the molecule is COc1c(CO)cccc1NC(c1cccnc1)C(C(=O)C(c1c[nH]c2ccccc12)C(Nc1cccc(CO)c1OC)c1cccnc1)c1c[nH]c2ccccc12. The summed E-state index contributed by atoms with van der Waals surface area (Å²) in [5.74, 6) is -0.862. The van der Waals surface area contributed by atoms with Crippen molar-refractivity contribution < 1.29 is 24.5 Å². The molecule has 0 radical (unpaired) electrons. The van der Waals surface area contributed by atoms with Crippen molar-refractivity contribution in [3.05, 3.63) is 180 Å². The summed E-state index contributed by atoms with van der Waals surface area (Å²) in [6, 6.07) is 33.3. The summed E-state index contributed by atoms with van der Waals surface area (Å²) in [5.41, 5.74) is 7.29. The van der Waals surface area contributed by atoms with Gasteiger partial charge in [-0.1, -0.05) is 72.8 Å². The molecule has 0 amide bonds. The van der Waals surface area contributed by atoms with E-state index in [4.69, 9.17) is 9.47 Å². The fraction of sp³-hybridized carbons (Fsp3) is 0.170. The lowest BCUT2D eigenvalue weighted by Gasteiger charge is -2.35. The summed E-state index contributed by atoms with van der Waals surface area (Å²) < 4.78 is 11.8. The minimum absolute atomic E-state index is 0.105. The van der Waals surface area contributed by atoms with Crippen molar-refractivity contribution in [3.8, 4) is 11.5 Å². The molecule has 4 aromatic heterocycles. The van der Waals surface area contributed by atoms with Crippen molar-refractivity contribution in [2.24, 2.45) is 0 Å². The Hall–Kier alpha value is -6.95. The van der Waals surface area contributed by atoms with E-state index in [-0.39, 0.29) is 19.0 Å². The summed E-state index contributed by atoms with van der Waals surface area (Å²) in [4.78, 5) is 32.5. The van der Waals surface area contributed by atoms with Crippen molar-refractivity contribution in [1.29, 1.82) is 0 Å². The van der Waals surface area contributed by atoms with Gasteiger partial charge < -0.3 is 40.3 Å². The van der Waals surface area contributed by atoms with Gasteiger partial charge in [-0.15, -0.1) is 0 Å². The molecule has 4 atom stereocenters. The van der Waals surface area contributed by atoms with E-state index in [1.807, 2.05) is 122 Å². The van der Waals surface area contributed by atoms with E-state index in [2.05, 4.69) is 30.6 Å². The topological polar surface area (TPSA) is 157 Å². The number of hydrogen-bond acceptors (Lipinski definition) is 9. The van der Waals surface area contributed by atoms with Gasteiger partial charge in [0.25, 0.3) is 0 Å². The standard InChI is InChI=1S/C47H44N6O5/c1-57-46-31(27-54)11-7-19-39(46)52-43(29-13-9-21-48-23-29)41(35-25-50-37-17-5-3-15-33(35)37)45(56)42(36-26-51-38-18-6-4-16-34(36)38)44(30-14-10-22-49-24-30)53-40-20-8-12-32(28-55)47(40)58-2/h3-26,41-44,50-55H,27-28H2,1-2H3. The maximum Gasteiger partial charge on any atom is 0.152 e. The van der Waals surface area contributed by atoms with Gasteiger partial charge in [0.15, 0.2) is 5.78 Å². The van der Waals surface area contributed by atoms with Gasteiger partial charge in [0, 0.05) is 70.1 Å². The molecule has 8 aromatic rings. The number of aromatic nitrogens is 4. The number of nitrogens with zero attached hydrogens (tertiary/aromatic N) is 2. The Morgan fingerprint density at radius 1 is 0.603 bits per heavy atom. The Labute approximate surface area is 335 Å². The summed E-state index contributed by atoms with van der Waals surface area (Å²) in [5, 5.41) is 29.8. The van der Waals surface area contributed by atoms with Gasteiger partial charge in [0.2, 0.25) is 0 Å². The number of H-pyrrole nitrogens is 2. The maximum absolute atomic E-state index is 16.6. The van der Waals surface area contributed by atoms with Crippen LogP contribution in [0.3, 0.4) is 0 Å². The molecule has 0 aliphatic carbocycles. The number of benzene rings is 4. The molecule has 4 heterocycles. The quantitative estimate of drug-likeness (QED) is 0.0566. The summed E-state index contributed by atoms with van der Waals surface area (Å²) >= 11 is 0. The molecule has 0 saturated heterocycles. The number of methoxy groups -OCH3 is 2. The van der Waals surface area contributed by atoms with Gasteiger partial charge in [-0.25, -0.2) is 0 Å². The normalized spacial score (nSPS) is 13.4. The molecule has 0 fully saturated rings. The average Bonchev–Trinajstić information content (AvgIpc) is 3.91. The second-order valence-corrected chi connectivity index (χ2v) is 14.1. The zero-order valence-corrected chi connectivity index (χ0v) is 32.1. The van der Waals surface area contributed by atoms with E-state index in [9.17, 15) is 10.2 Å². The van der Waals surface area contributed by atoms with Crippen LogP contribution in [0.15, 0.2) is 146 Å². The van der Waals surface area contributed by atoms with Gasteiger partial charge in [0.05, 0.1) is 62.7 Å². The van der Waals surface area contributed by atoms with Crippen LogP contribution in [0.2, 0.25) is 0 Å². The van der Waals surface area contributed by atoms with Crippen LogP contribution in [0.5, 0.6) is 11.5 Å². The highest BCUT2D eigenvalue weighted by Crippen LogP contribution is 2.48. The highest BCUT2D eigenvalue weighted by atomic mass is 16.5. The van der Waals surface area contributed by atoms with E-state index in [1.165, 1.54) is 0 Å². The van der Waals surface area contributed by atoms with Gasteiger partial charge in [0.1, 0.15) is 11.5 Å². The molecule has 0 bridgehead atoms. The Kier molecular flexibility index (Phi) is 11.2. The minimum atomic E-state index is -0.854. The molecule has 0 saturated carbocycles. The van der Waals surface area contributed by atoms with E-state index in [1.54, 1.807) is 39.0 Å². The van der Waals surface area contributed by atoms with E-state index in [0.29, 0.717) is 34.0 Å². The first-order valence-electron chi connectivity index (χ1n) is 19.1.